The van der Waals surface area contributed by atoms with Gasteiger partial charge in [0, 0.05) is 16.5 Å². The van der Waals surface area contributed by atoms with Crippen LogP contribution in [0.5, 0.6) is 5.75 Å². The van der Waals surface area contributed by atoms with Gasteiger partial charge in [-0.15, -0.1) is 0 Å². The number of carboxylic acid groups (broad SMARTS) is 1. The van der Waals surface area contributed by atoms with Crippen molar-refractivity contribution in [3.8, 4) is 17.2 Å². The third-order valence-electron chi connectivity index (χ3n) is 7.59. The summed E-state index contributed by atoms with van der Waals surface area (Å²) < 4.78 is 30.5. The predicted molar refractivity (Wildman–Crippen MR) is 139 cm³/mol. The van der Waals surface area contributed by atoms with Gasteiger partial charge in [0.1, 0.15) is 23.7 Å². The quantitative estimate of drug-likeness (QED) is 0.328. The topological polar surface area (TPSA) is 84.6 Å². The Morgan fingerprint density at radius 2 is 1.92 bits per heavy atom. The first-order valence-electron chi connectivity index (χ1n) is 12.8. The molecule has 1 aliphatic carbocycles. The van der Waals surface area contributed by atoms with E-state index in [1.807, 2.05) is 51.1 Å². The number of benzene rings is 2. The summed E-state index contributed by atoms with van der Waals surface area (Å²) in [5, 5.41) is 13.7. The van der Waals surface area contributed by atoms with Gasteiger partial charge >= 0.3 is 29.6 Å². The van der Waals surface area contributed by atoms with E-state index in [9.17, 15) is 14.3 Å². The van der Waals surface area contributed by atoms with Crippen LogP contribution in [0.3, 0.4) is 0 Å². The standard InChI is InChI=1S/C30H32FNO5.Na/c1-18-8-9-25(35-17-20-10-12-30(3,13-11-20)36-15-14-31)26-22(29(33)34)16-23(32-27(18)26)28-19(2)21-6-4-5-7-24(21)37-28;/h4-9,16,20H,10-15,17H2,1-3H3,(H,33,34);/q;+1/p-1. The predicted octanol–water partition coefficient (Wildman–Crippen LogP) is 2.95. The number of ether oxygens (including phenoxy) is 2. The molecule has 0 saturated heterocycles. The van der Waals surface area contributed by atoms with Gasteiger partial charge in [-0.05, 0) is 76.1 Å². The summed E-state index contributed by atoms with van der Waals surface area (Å²) in [6.07, 6.45) is 3.46. The average Bonchev–Trinajstić information content (AvgIpc) is 3.24. The van der Waals surface area contributed by atoms with Gasteiger partial charge in [-0.3, -0.25) is 0 Å². The Bertz CT molecular complexity index is 1460. The summed E-state index contributed by atoms with van der Waals surface area (Å²) >= 11 is 0. The molecule has 38 heavy (non-hydrogen) atoms. The number of hydrogen-bond donors (Lipinski definition) is 0. The molecule has 0 bridgehead atoms. The summed E-state index contributed by atoms with van der Waals surface area (Å²) in [5.74, 6) is 0.0188. The number of rotatable bonds is 8. The Labute approximate surface area is 243 Å². The minimum Gasteiger partial charge on any atom is -0.545 e. The van der Waals surface area contributed by atoms with Gasteiger partial charge in [-0.1, -0.05) is 24.3 Å². The molecule has 6 nitrogen and oxygen atoms in total. The van der Waals surface area contributed by atoms with Crippen molar-refractivity contribution in [3.05, 3.63) is 59.2 Å². The third kappa shape index (κ3) is 5.62. The van der Waals surface area contributed by atoms with Crippen molar-refractivity contribution in [1.29, 1.82) is 0 Å². The van der Waals surface area contributed by atoms with Crippen molar-refractivity contribution < 1.29 is 57.7 Å². The number of hydrogen-bond acceptors (Lipinski definition) is 6. The van der Waals surface area contributed by atoms with Crippen LogP contribution in [0.15, 0.2) is 46.9 Å². The first kappa shape index (κ1) is 28.6. The first-order valence-corrected chi connectivity index (χ1v) is 12.8. The summed E-state index contributed by atoms with van der Waals surface area (Å²) in [6.45, 7) is 5.97. The Morgan fingerprint density at radius 3 is 2.61 bits per heavy atom. The van der Waals surface area contributed by atoms with Crippen LogP contribution in [0.25, 0.3) is 33.3 Å². The van der Waals surface area contributed by atoms with E-state index in [1.165, 1.54) is 6.07 Å². The van der Waals surface area contributed by atoms with Gasteiger partial charge in [0.15, 0.2) is 5.76 Å². The van der Waals surface area contributed by atoms with E-state index in [-0.39, 0.29) is 47.3 Å². The van der Waals surface area contributed by atoms with Gasteiger partial charge in [-0.25, -0.2) is 9.37 Å². The maximum absolute atomic E-state index is 12.5. The molecular formula is C30H31FNNaO5. The largest absolute Gasteiger partial charge is 1.00 e. The molecule has 1 fully saturated rings. The molecule has 2 aromatic carbocycles. The summed E-state index contributed by atoms with van der Waals surface area (Å²) in [7, 11) is 0. The number of para-hydroxylation sites is 1. The van der Waals surface area contributed by atoms with E-state index in [2.05, 4.69) is 0 Å². The van der Waals surface area contributed by atoms with E-state index < -0.39 is 12.6 Å². The molecule has 8 heteroatoms. The van der Waals surface area contributed by atoms with Crippen LogP contribution in [0.2, 0.25) is 0 Å². The fraction of sp³-hybridized carbons (Fsp3) is 0.400. The first-order chi connectivity index (χ1) is 17.8. The molecule has 0 atom stereocenters. The van der Waals surface area contributed by atoms with Gasteiger partial charge in [0.25, 0.3) is 0 Å². The normalized spacial score (nSPS) is 19.4. The zero-order valence-electron chi connectivity index (χ0n) is 22.4. The molecule has 1 aliphatic rings. The van der Waals surface area contributed by atoms with E-state index >= 15 is 0 Å². The summed E-state index contributed by atoms with van der Waals surface area (Å²) in [4.78, 5) is 17.2. The maximum Gasteiger partial charge on any atom is 1.00 e. The number of furan rings is 1. The van der Waals surface area contributed by atoms with Crippen LogP contribution in [-0.4, -0.2) is 36.4 Å². The molecule has 1 saturated carbocycles. The fourth-order valence-corrected chi connectivity index (χ4v) is 5.35. The van der Waals surface area contributed by atoms with Crippen LogP contribution in [0.1, 0.15) is 54.1 Å². The number of carbonyl (C=O) groups excluding carboxylic acids is 1. The van der Waals surface area contributed by atoms with Crippen molar-refractivity contribution in [2.75, 3.05) is 19.9 Å². The molecule has 0 unspecified atom stereocenters. The Kier molecular flexibility index (Phi) is 8.82. The van der Waals surface area contributed by atoms with Crippen LogP contribution in [0, 0.1) is 19.8 Å². The number of aromatic carboxylic acids is 1. The molecule has 0 spiro atoms. The second-order valence-electron chi connectivity index (χ2n) is 10.2. The van der Waals surface area contributed by atoms with Gasteiger partial charge in [0.2, 0.25) is 0 Å². The number of fused-ring (bicyclic) bond motifs is 2. The van der Waals surface area contributed by atoms with Gasteiger partial charge < -0.3 is 23.8 Å². The number of alkyl halides is 1. The minimum absolute atomic E-state index is 0. The average molecular weight is 528 g/mol. The second-order valence-corrected chi connectivity index (χ2v) is 10.2. The molecule has 0 aliphatic heterocycles. The summed E-state index contributed by atoms with van der Waals surface area (Å²) in [5.41, 5.74) is 3.17. The van der Waals surface area contributed by atoms with Gasteiger partial charge in [0.05, 0.1) is 35.7 Å². The maximum atomic E-state index is 12.5. The van der Waals surface area contributed by atoms with Crippen LogP contribution >= 0.6 is 0 Å². The molecule has 0 N–H and O–H groups in total. The van der Waals surface area contributed by atoms with Gasteiger partial charge in [-0.2, -0.15) is 0 Å². The Hall–Kier alpha value is -2.45. The number of aromatic nitrogens is 1. The van der Waals surface area contributed by atoms with E-state index in [0.717, 1.165) is 47.8 Å². The van der Waals surface area contributed by atoms with E-state index in [0.29, 0.717) is 40.6 Å². The van der Waals surface area contributed by atoms with Crippen LogP contribution in [0.4, 0.5) is 4.39 Å². The van der Waals surface area contributed by atoms with E-state index in [1.54, 1.807) is 6.07 Å². The fourth-order valence-electron chi connectivity index (χ4n) is 5.35. The zero-order chi connectivity index (χ0) is 26.2. The number of pyridine rings is 1. The monoisotopic (exact) mass is 527 g/mol. The zero-order valence-corrected chi connectivity index (χ0v) is 24.4. The number of halogens is 1. The Balaban J connectivity index is 0.00000336. The molecule has 2 aromatic heterocycles. The van der Waals surface area contributed by atoms with Crippen molar-refractivity contribution in [1.82, 2.24) is 4.98 Å². The second kappa shape index (κ2) is 11.7. The van der Waals surface area contributed by atoms with Crippen molar-refractivity contribution in [2.24, 2.45) is 5.92 Å². The molecule has 194 valence electrons. The number of carboxylic acids is 1. The number of carbonyl (C=O) groups is 1. The summed E-state index contributed by atoms with van der Waals surface area (Å²) in [6, 6.07) is 12.9. The third-order valence-corrected chi connectivity index (χ3v) is 7.59. The Morgan fingerprint density at radius 1 is 1.18 bits per heavy atom. The molecule has 2 heterocycles. The van der Waals surface area contributed by atoms with Crippen molar-refractivity contribution >= 4 is 27.8 Å². The molecule has 4 aromatic rings. The van der Waals surface area contributed by atoms with Crippen molar-refractivity contribution in [3.63, 3.8) is 0 Å². The molecule has 5 rings (SSSR count). The van der Waals surface area contributed by atoms with Crippen LogP contribution in [-0.2, 0) is 4.74 Å². The van der Waals surface area contributed by atoms with Crippen LogP contribution < -0.4 is 39.4 Å². The molecular weight excluding hydrogens is 496 g/mol. The number of nitrogens with zero attached hydrogens (tertiary/aromatic N) is 1. The smallest absolute Gasteiger partial charge is 0.545 e. The minimum atomic E-state index is -1.30. The van der Waals surface area contributed by atoms with Crippen molar-refractivity contribution in [2.45, 2.75) is 52.1 Å². The molecule has 0 amide bonds. The van der Waals surface area contributed by atoms with E-state index in [4.69, 9.17) is 18.9 Å². The number of aryl methyl sites for hydroxylation is 2. The molecule has 0 radical (unpaired) electrons. The SMILES string of the molecule is Cc1c(-c2cc(C(=O)[O-])c3c(OCC4CCC(C)(OCCF)CC4)ccc(C)c3n2)oc2ccccc12.[Na+].